The molecule has 1 fully saturated rings. The zero-order valence-corrected chi connectivity index (χ0v) is 11.8. The number of benzene rings is 1. The van der Waals surface area contributed by atoms with E-state index in [1.54, 1.807) is 6.07 Å². The summed E-state index contributed by atoms with van der Waals surface area (Å²) in [6, 6.07) is 4.19. The molecule has 98 valence electrons. The number of sulfone groups is 1. The predicted molar refractivity (Wildman–Crippen MR) is 68.7 cm³/mol. The molecule has 1 heterocycles. The number of amides is 1. The van der Waals surface area contributed by atoms with Crippen LogP contribution in [0, 0.1) is 5.82 Å². The van der Waals surface area contributed by atoms with Gasteiger partial charge in [0.05, 0.1) is 17.1 Å². The maximum atomic E-state index is 13.6. The lowest BCUT2D eigenvalue weighted by Gasteiger charge is -2.26. The number of hydrogen-bond donors (Lipinski definition) is 0. The van der Waals surface area contributed by atoms with E-state index in [1.807, 2.05) is 0 Å². The van der Waals surface area contributed by atoms with Crippen molar-refractivity contribution >= 4 is 31.7 Å². The first-order valence-electron chi connectivity index (χ1n) is 5.34. The van der Waals surface area contributed by atoms with E-state index in [0.717, 1.165) is 0 Å². The Morgan fingerprint density at radius 1 is 1.28 bits per heavy atom. The summed E-state index contributed by atoms with van der Waals surface area (Å²) in [5, 5.41) is 0. The lowest BCUT2D eigenvalue weighted by atomic mass is 10.2. The monoisotopic (exact) mass is 335 g/mol. The first-order valence-corrected chi connectivity index (χ1v) is 7.95. The summed E-state index contributed by atoms with van der Waals surface area (Å²) in [7, 11) is -3.04. The maximum Gasteiger partial charge on any atom is 0.256 e. The van der Waals surface area contributed by atoms with Crippen LogP contribution in [0.2, 0.25) is 0 Å². The minimum atomic E-state index is -3.04. The van der Waals surface area contributed by atoms with E-state index >= 15 is 0 Å². The normalized spacial score (nSPS) is 18.7. The Kier molecular flexibility index (Phi) is 3.72. The van der Waals surface area contributed by atoms with Crippen LogP contribution < -0.4 is 0 Å². The lowest BCUT2D eigenvalue weighted by Crippen LogP contribution is -2.44. The summed E-state index contributed by atoms with van der Waals surface area (Å²) in [5.41, 5.74) is -0.0301. The fraction of sp³-hybridized carbons (Fsp3) is 0.364. The van der Waals surface area contributed by atoms with Crippen LogP contribution in [0.25, 0.3) is 0 Å². The van der Waals surface area contributed by atoms with Gasteiger partial charge in [-0.3, -0.25) is 4.79 Å². The summed E-state index contributed by atoms with van der Waals surface area (Å²) < 4.78 is 36.7. The molecule has 0 radical (unpaired) electrons. The summed E-state index contributed by atoms with van der Waals surface area (Å²) in [6.45, 7) is 0.243. The van der Waals surface area contributed by atoms with Crippen molar-refractivity contribution in [1.82, 2.24) is 4.90 Å². The highest BCUT2D eigenvalue weighted by Gasteiger charge is 2.27. The zero-order valence-electron chi connectivity index (χ0n) is 9.40. The van der Waals surface area contributed by atoms with Crippen molar-refractivity contribution in [3.63, 3.8) is 0 Å². The molecule has 1 aliphatic heterocycles. The van der Waals surface area contributed by atoms with Crippen molar-refractivity contribution in [2.75, 3.05) is 24.6 Å². The van der Waals surface area contributed by atoms with E-state index in [2.05, 4.69) is 15.9 Å². The SMILES string of the molecule is O=C(c1ccc(Br)cc1F)N1CCS(=O)(=O)CC1. The second kappa shape index (κ2) is 4.97. The van der Waals surface area contributed by atoms with Crippen molar-refractivity contribution < 1.29 is 17.6 Å². The quantitative estimate of drug-likeness (QED) is 0.780. The van der Waals surface area contributed by atoms with Crippen molar-refractivity contribution in [3.05, 3.63) is 34.1 Å². The van der Waals surface area contributed by atoms with Gasteiger partial charge in [-0.25, -0.2) is 12.8 Å². The summed E-state index contributed by atoms with van der Waals surface area (Å²) in [6.07, 6.45) is 0. The Balaban J connectivity index is 2.17. The van der Waals surface area contributed by atoms with Crippen molar-refractivity contribution in [2.24, 2.45) is 0 Å². The third kappa shape index (κ3) is 2.89. The zero-order chi connectivity index (χ0) is 13.3. The third-order valence-corrected chi connectivity index (χ3v) is 4.90. The molecule has 0 bridgehead atoms. The van der Waals surface area contributed by atoms with Gasteiger partial charge in [0.25, 0.3) is 5.91 Å². The van der Waals surface area contributed by atoms with Gasteiger partial charge < -0.3 is 4.90 Å². The second-order valence-electron chi connectivity index (χ2n) is 4.07. The van der Waals surface area contributed by atoms with Crippen LogP contribution in [0.3, 0.4) is 0 Å². The molecule has 2 rings (SSSR count). The predicted octanol–water partition coefficient (Wildman–Crippen LogP) is 1.46. The average molecular weight is 336 g/mol. The second-order valence-corrected chi connectivity index (χ2v) is 7.29. The van der Waals surface area contributed by atoms with Gasteiger partial charge in [0.15, 0.2) is 9.84 Å². The summed E-state index contributed by atoms with van der Waals surface area (Å²) in [4.78, 5) is 13.4. The number of carbonyl (C=O) groups is 1. The first kappa shape index (κ1) is 13.5. The van der Waals surface area contributed by atoms with Gasteiger partial charge in [-0.15, -0.1) is 0 Å². The van der Waals surface area contributed by atoms with Crippen LogP contribution in [-0.4, -0.2) is 43.8 Å². The fourth-order valence-corrected chi connectivity index (χ4v) is 3.28. The Bertz CT molecular complexity index is 574. The van der Waals surface area contributed by atoms with Gasteiger partial charge in [-0.05, 0) is 18.2 Å². The Hall–Kier alpha value is -0.950. The smallest absolute Gasteiger partial charge is 0.256 e. The molecule has 0 N–H and O–H groups in total. The molecule has 0 spiro atoms. The minimum Gasteiger partial charge on any atom is -0.337 e. The molecule has 1 aromatic rings. The van der Waals surface area contributed by atoms with E-state index in [-0.39, 0.29) is 30.2 Å². The minimum absolute atomic E-state index is 0.0301. The summed E-state index contributed by atoms with van der Waals surface area (Å²) in [5.74, 6) is -1.19. The van der Waals surface area contributed by atoms with Gasteiger partial charge in [-0.2, -0.15) is 0 Å². The Morgan fingerprint density at radius 2 is 1.89 bits per heavy atom. The van der Waals surface area contributed by atoms with Crippen LogP contribution in [0.15, 0.2) is 22.7 Å². The lowest BCUT2D eigenvalue weighted by molar-refractivity contribution is 0.0765. The molecular weight excluding hydrogens is 325 g/mol. The number of nitrogens with zero attached hydrogens (tertiary/aromatic N) is 1. The van der Waals surface area contributed by atoms with E-state index < -0.39 is 21.6 Å². The topological polar surface area (TPSA) is 54.5 Å². The summed E-state index contributed by atoms with van der Waals surface area (Å²) >= 11 is 3.11. The molecule has 1 aliphatic rings. The average Bonchev–Trinajstić information content (AvgIpc) is 2.28. The highest BCUT2D eigenvalue weighted by atomic mass is 79.9. The molecule has 1 amide bonds. The van der Waals surface area contributed by atoms with Gasteiger partial charge >= 0.3 is 0 Å². The molecule has 0 unspecified atom stereocenters. The van der Waals surface area contributed by atoms with Crippen LogP contribution in [-0.2, 0) is 9.84 Å². The number of carbonyl (C=O) groups excluding carboxylic acids is 1. The van der Waals surface area contributed by atoms with Gasteiger partial charge in [-0.1, -0.05) is 15.9 Å². The van der Waals surface area contributed by atoms with Crippen LogP contribution in [0.1, 0.15) is 10.4 Å². The Labute approximate surface area is 113 Å². The molecule has 18 heavy (non-hydrogen) atoms. The number of hydrogen-bond acceptors (Lipinski definition) is 3. The van der Waals surface area contributed by atoms with Crippen molar-refractivity contribution in [1.29, 1.82) is 0 Å². The van der Waals surface area contributed by atoms with Gasteiger partial charge in [0, 0.05) is 17.6 Å². The molecule has 0 atom stereocenters. The van der Waals surface area contributed by atoms with Gasteiger partial charge in [0.1, 0.15) is 5.82 Å². The fourth-order valence-electron chi connectivity index (χ4n) is 1.75. The highest BCUT2D eigenvalue weighted by molar-refractivity contribution is 9.10. The highest BCUT2D eigenvalue weighted by Crippen LogP contribution is 2.18. The van der Waals surface area contributed by atoms with E-state index in [9.17, 15) is 17.6 Å². The van der Waals surface area contributed by atoms with Crippen LogP contribution in [0.4, 0.5) is 4.39 Å². The Morgan fingerprint density at radius 3 is 2.44 bits per heavy atom. The maximum absolute atomic E-state index is 13.6. The van der Waals surface area contributed by atoms with E-state index in [0.29, 0.717) is 4.47 Å². The largest absolute Gasteiger partial charge is 0.337 e. The van der Waals surface area contributed by atoms with Crippen molar-refractivity contribution in [3.8, 4) is 0 Å². The molecule has 0 aromatic heterocycles. The van der Waals surface area contributed by atoms with Crippen molar-refractivity contribution in [2.45, 2.75) is 0 Å². The molecule has 1 saturated heterocycles. The number of halogens is 2. The molecule has 0 saturated carbocycles. The van der Waals surface area contributed by atoms with Crippen LogP contribution in [0.5, 0.6) is 0 Å². The van der Waals surface area contributed by atoms with E-state index in [1.165, 1.54) is 17.0 Å². The molecular formula is C11H11BrFNO3S. The molecule has 4 nitrogen and oxygen atoms in total. The van der Waals surface area contributed by atoms with Crippen LogP contribution >= 0.6 is 15.9 Å². The molecule has 0 aliphatic carbocycles. The standard InChI is InChI=1S/C11H11BrFNO3S/c12-8-1-2-9(10(13)7-8)11(15)14-3-5-18(16,17)6-4-14/h1-2,7H,3-6H2. The molecule has 1 aromatic carbocycles. The number of rotatable bonds is 1. The van der Waals surface area contributed by atoms with E-state index in [4.69, 9.17) is 0 Å². The van der Waals surface area contributed by atoms with Gasteiger partial charge in [0.2, 0.25) is 0 Å². The third-order valence-electron chi connectivity index (χ3n) is 2.79. The first-order chi connectivity index (χ1) is 8.39. The molecule has 7 heteroatoms.